The van der Waals surface area contributed by atoms with Gasteiger partial charge in [-0.3, -0.25) is 4.79 Å². The Kier molecular flexibility index (Phi) is 5.00. The first-order valence-corrected chi connectivity index (χ1v) is 6.95. The number of rotatable bonds is 5. The number of carbonyl (C=O) groups excluding carboxylic acids is 2. The van der Waals surface area contributed by atoms with Gasteiger partial charge in [0, 0.05) is 17.5 Å². The van der Waals surface area contributed by atoms with Gasteiger partial charge < -0.3 is 19.2 Å². The Morgan fingerprint density at radius 1 is 1.30 bits per heavy atom. The van der Waals surface area contributed by atoms with E-state index in [1.54, 1.807) is 25.1 Å². The summed E-state index contributed by atoms with van der Waals surface area (Å²) in [5, 5.41) is 3.24. The second kappa shape index (κ2) is 6.95. The molecular weight excluding hydrogens is 302 g/mol. The molecule has 0 spiro atoms. The molecule has 0 fully saturated rings. The highest BCUT2D eigenvalue weighted by Gasteiger charge is 2.16. The lowest BCUT2D eigenvalue weighted by molar-refractivity contribution is -0.144. The molecule has 0 saturated carbocycles. The standard InChI is InChI=1S/C16H17NO6/c1-9-6-15(19)23-13-7-11(4-5-12(9)13)22-8-14(18)17-10(2)16(20)21-3/h4-7,10H,8H2,1-3H3,(H,17,18)/t10-/m1/s1. The lowest BCUT2D eigenvalue weighted by atomic mass is 10.1. The predicted molar refractivity (Wildman–Crippen MR) is 82.3 cm³/mol. The van der Waals surface area contributed by atoms with E-state index in [9.17, 15) is 14.4 Å². The van der Waals surface area contributed by atoms with Crippen molar-refractivity contribution in [3.05, 3.63) is 40.2 Å². The summed E-state index contributed by atoms with van der Waals surface area (Å²) in [6.07, 6.45) is 0. The van der Waals surface area contributed by atoms with Gasteiger partial charge >= 0.3 is 11.6 Å². The summed E-state index contributed by atoms with van der Waals surface area (Å²) >= 11 is 0. The molecule has 0 unspecified atom stereocenters. The van der Waals surface area contributed by atoms with Crippen LogP contribution >= 0.6 is 0 Å². The van der Waals surface area contributed by atoms with Crippen LogP contribution in [0.25, 0.3) is 11.0 Å². The summed E-state index contributed by atoms with van der Waals surface area (Å²) in [6, 6.07) is 5.61. The Bertz CT molecular complexity index is 795. The number of methoxy groups -OCH3 is 1. The number of hydrogen-bond donors (Lipinski definition) is 1. The number of aryl methyl sites for hydroxylation is 1. The topological polar surface area (TPSA) is 94.8 Å². The minimum absolute atomic E-state index is 0.275. The van der Waals surface area contributed by atoms with Crippen molar-refractivity contribution < 1.29 is 23.5 Å². The van der Waals surface area contributed by atoms with Crippen molar-refractivity contribution >= 4 is 22.8 Å². The Morgan fingerprint density at radius 2 is 2.04 bits per heavy atom. The van der Waals surface area contributed by atoms with Crippen molar-refractivity contribution in [1.29, 1.82) is 0 Å². The van der Waals surface area contributed by atoms with Crippen LogP contribution in [0.5, 0.6) is 5.75 Å². The summed E-state index contributed by atoms with van der Waals surface area (Å²) in [7, 11) is 1.24. The van der Waals surface area contributed by atoms with Gasteiger partial charge in [-0.2, -0.15) is 0 Å². The van der Waals surface area contributed by atoms with Gasteiger partial charge in [0.1, 0.15) is 17.4 Å². The zero-order chi connectivity index (χ0) is 17.0. The molecule has 0 aliphatic rings. The summed E-state index contributed by atoms with van der Waals surface area (Å²) in [4.78, 5) is 34.3. The quantitative estimate of drug-likeness (QED) is 0.656. The average Bonchev–Trinajstić information content (AvgIpc) is 2.51. The third-order valence-corrected chi connectivity index (χ3v) is 3.22. The first-order chi connectivity index (χ1) is 10.9. The van der Waals surface area contributed by atoms with E-state index in [4.69, 9.17) is 9.15 Å². The number of amides is 1. The molecule has 1 atom stereocenters. The largest absolute Gasteiger partial charge is 0.484 e. The zero-order valence-electron chi connectivity index (χ0n) is 13.0. The van der Waals surface area contributed by atoms with Gasteiger partial charge in [0.25, 0.3) is 5.91 Å². The first-order valence-electron chi connectivity index (χ1n) is 6.95. The van der Waals surface area contributed by atoms with Crippen LogP contribution in [0, 0.1) is 6.92 Å². The van der Waals surface area contributed by atoms with E-state index in [1.165, 1.54) is 20.1 Å². The summed E-state index contributed by atoms with van der Waals surface area (Å²) in [5.41, 5.74) is 0.736. The van der Waals surface area contributed by atoms with Crippen molar-refractivity contribution in [3.8, 4) is 5.75 Å². The van der Waals surface area contributed by atoms with Gasteiger partial charge in [0.05, 0.1) is 7.11 Å². The van der Waals surface area contributed by atoms with Crippen LogP contribution < -0.4 is 15.7 Å². The summed E-state index contributed by atoms with van der Waals surface area (Å²) in [5.74, 6) is -0.623. The van der Waals surface area contributed by atoms with E-state index >= 15 is 0 Å². The van der Waals surface area contributed by atoms with Crippen molar-refractivity contribution in [2.45, 2.75) is 19.9 Å². The van der Waals surface area contributed by atoms with Crippen molar-refractivity contribution in [3.63, 3.8) is 0 Å². The fraction of sp³-hybridized carbons (Fsp3) is 0.312. The lowest BCUT2D eigenvalue weighted by Gasteiger charge is -2.12. The molecule has 1 amide bonds. The number of ether oxygens (including phenoxy) is 2. The van der Waals surface area contributed by atoms with Crippen LogP contribution in [0.2, 0.25) is 0 Å². The van der Waals surface area contributed by atoms with E-state index in [1.807, 2.05) is 0 Å². The van der Waals surface area contributed by atoms with Gasteiger partial charge in [-0.15, -0.1) is 0 Å². The molecule has 0 aliphatic heterocycles. The van der Waals surface area contributed by atoms with Crippen LogP contribution in [0.4, 0.5) is 0 Å². The van der Waals surface area contributed by atoms with E-state index in [2.05, 4.69) is 10.1 Å². The van der Waals surface area contributed by atoms with E-state index in [-0.39, 0.29) is 6.61 Å². The van der Waals surface area contributed by atoms with Crippen molar-refractivity contribution in [2.75, 3.05) is 13.7 Å². The number of fused-ring (bicyclic) bond motifs is 1. The van der Waals surface area contributed by atoms with Gasteiger partial charge in [-0.25, -0.2) is 9.59 Å². The zero-order valence-corrected chi connectivity index (χ0v) is 13.0. The lowest BCUT2D eigenvalue weighted by Crippen LogP contribution is -2.41. The van der Waals surface area contributed by atoms with Gasteiger partial charge in [0.2, 0.25) is 0 Å². The molecular formula is C16H17NO6. The van der Waals surface area contributed by atoms with Crippen molar-refractivity contribution in [1.82, 2.24) is 5.32 Å². The van der Waals surface area contributed by atoms with Crippen LogP contribution in [0.3, 0.4) is 0 Å². The average molecular weight is 319 g/mol. The van der Waals surface area contributed by atoms with E-state index in [0.29, 0.717) is 11.3 Å². The smallest absolute Gasteiger partial charge is 0.336 e. The number of hydrogen-bond acceptors (Lipinski definition) is 6. The molecule has 1 aromatic heterocycles. The van der Waals surface area contributed by atoms with Crippen LogP contribution in [-0.2, 0) is 14.3 Å². The van der Waals surface area contributed by atoms with E-state index in [0.717, 1.165) is 10.9 Å². The Morgan fingerprint density at radius 3 is 2.74 bits per heavy atom. The molecule has 0 radical (unpaired) electrons. The van der Waals surface area contributed by atoms with Gasteiger partial charge in [-0.05, 0) is 31.5 Å². The summed E-state index contributed by atoms with van der Waals surface area (Å²) < 4.78 is 15.0. The molecule has 0 saturated heterocycles. The molecule has 7 heteroatoms. The SMILES string of the molecule is COC(=O)[C@@H](C)NC(=O)COc1ccc2c(C)cc(=O)oc2c1. The van der Waals surface area contributed by atoms with Crippen LogP contribution in [0.1, 0.15) is 12.5 Å². The molecule has 23 heavy (non-hydrogen) atoms. The molecule has 1 aromatic carbocycles. The number of nitrogens with one attached hydrogen (secondary N) is 1. The molecule has 2 rings (SSSR count). The molecule has 0 bridgehead atoms. The number of benzene rings is 1. The molecule has 122 valence electrons. The highest BCUT2D eigenvalue weighted by atomic mass is 16.5. The summed E-state index contributed by atoms with van der Waals surface area (Å²) in [6.45, 7) is 3.04. The second-order valence-electron chi connectivity index (χ2n) is 5.01. The normalized spacial score (nSPS) is 11.8. The molecule has 1 heterocycles. The third-order valence-electron chi connectivity index (χ3n) is 3.22. The highest BCUT2D eigenvalue weighted by Crippen LogP contribution is 2.22. The molecule has 2 aromatic rings. The van der Waals surface area contributed by atoms with Crippen molar-refractivity contribution in [2.24, 2.45) is 0 Å². The van der Waals surface area contributed by atoms with Crippen LogP contribution in [0.15, 0.2) is 33.5 Å². The number of esters is 1. The molecule has 0 aliphatic carbocycles. The van der Waals surface area contributed by atoms with Gasteiger partial charge in [0.15, 0.2) is 6.61 Å². The Hall–Kier alpha value is -2.83. The van der Waals surface area contributed by atoms with Crippen LogP contribution in [-0.4, -0.2) is 31.6 Å². The maximum absolute atomic E-state index is 11.7. The maximum atomic E-state index is 11.7. The molecule has 1 N–H and O–H groups in total. The fourth-order valence-electron chi connectivity index (χ4n) is 2.06. The first kappa shape index (κ1) is 16.5. The molecule has 7 nitrogen and oxygen atoms in total. The minimum Gasteiger partial charge on any atom is -0.484 e. The highest BCUT2D eigenvalue weighted by molar-refractivity contribution is 5.85. The maximum Gasteiger partial charge on any atom is 0.336 e. The third kappa shape index (κ3) is 4.09. The van der Waals surface area contributed by atoms with Gasteiger partial charge in [-0.1, -0.05) is 0 Å². The fourth-order valence-corrected chi connectivity index (χ4v) is 2.06. The number of carbonyl (C=O) groups is 2. The Balaban J connectivity index is 2.03. The van der Waals surface area contributed by atoms with E-state index < -0.39 is 23.5 Å². The second-order valence-corrected chi connectivity index (χ2v) is 5.01. The minimum atomic E-state index is -0.756. The predicted octanol–water partition coefficient (Wildman–Crippen LogP) is 1.16. The monoisotopic (exact) mass is 319 g/mol. The Labute approximate surface area is 132 Å².